The van der Waals surface area contributed by atoms with Gasteiger partial charge >= 0.3 is 0 Å². The van der Waals surface area contributed by atoms with Crippen LogP contribution in [-0.2, 0) is 42.1 Å². The molecule has 0 heterocycles. The van der Waals surface area contributed by atoms with Gasteiger partial charge < -0.3 is 10.4 Å². The van der Waals surface area contributed by atoms with E-state index in [1.807, 2.05) is 0 Å². The molecule has 14 heteroatoms. The largest absolute Gasteiger partial charge is 0.539 e. The molecule has 0 aromatic heterocycles. The van der Waals surface area contributed by atoms with Crippen molar-refractivity contribution in [2.75, 3.05) is 65.1 Å². The monoisotopic (exact) mass is 836 g/mol. The van der Waals surface area contributed by atoms with E-state index in [4.69, 9.17) is 47.1 Å². The summed E-state index contributed by atoms with van der Waals surface area (Å²) < 4.78 is 0. The first kappa shape index (κ1) is 51.2. The fourth-order valence-electron chi connectivity index (χ4n) is 1.41. The van der Waals surface area contributed by atoms with Crippen molar-refractivity contribution in [2.24, 2.45) is 0 Å². The standard InChI is InChI=1S/2C5H14P2.2CHNO.2CNO.2Pt/c2*1-6(2)5-7(3)4;4*1-2-3;;/h2*5H2,1-4H3;2*3H;;;;/q;;;;2*-1;;/p+4. The summed E-state index contributed by atoms with van der Waals surface area (Å²) >= 11 is 0. The SMILES string of the molecule is C[PH+](C)C[PH+](C)C.C[PH+](C)C[PH+](C)C.[C-]#[N+]O.[C-]#[N+]O.[C-]#[N+][O-].[C-]#[N+][O-].[Pt].[Pt]. The predicted molar refractivity (Wildman–Crippen MR) is 127 cm³/mol. The Balaban J connectivity index is -0.0000000297. The van der Waals surface area contributed by atoms with Gasteiger partial charge in [0.25, 0.3) is 0 Å². The molecule has 0 amide bonds. The van der Waals surface area contributed by atoms with Gasteiger partial charge in [0.05, 0.1) is 0 Å². The Labute approximate surface area is 205 Å². The number of nitrogens with zero attached hydrogens (tertiary/aromatic N) is 4. The number of hydrogen-bond acceptors (Lipinski definition) is 4. The Kier molecular flexibility index (Phi) is 103. The fraction of sp³-hybridized carbons (Fsp3) is 0.714. The third-order valence-electron chi connectivity index (χ3n) is 1.41. The number of hydrogen-bond donors (Lipinski definition) is 2. The zero-order valence-electron chi connectivity index (χ0n) is 17.5. The Bertz CT molecular complexity index is 334. The van der Waals surface area contributed by atoms with Gasteiger partial charge in [0.2, 0.25) is 0 Å². The van der Waals surface area contributed by atoms with E-state index in [1.165, 1.54) is 10.0 Å². The summed E-state index contributed by atoms with van der Waals surface area (Å²) in [4.78, 5) is 0. The summed E-state index contributed by atoms with van der Waals surface area (Å²) in [6.07, 6.45) is 0. The average molecular weight is 837 g/mol. The maximum atomic E-state index is 8.22. The maximum absolute atomic E-state index is 8.22. The molecule has 0 aromatic carbocycles. The molecule has 0 spiro atoms. The second-order valence-corrected chi connectivity index (χ2v) is 18.0. The molecule has 0 atom stereocenters. The van der Waals surface area contributed by atoms with E-state index >= 15 is 0 Å². The second kappa shape index (κ2) is 56.4. The number of rotatable bonds is 4. The molecule has 0 radical (unpaired) electrons. The quantitative estimate of drug-likeness (QED) is 0.232. The topological polar surface area (TPSA) is 104 Å². The molecule has 2 N–H and O–H groups in total. The van der Waals surface area contributed by atoms with Gasteiger partial charge in [0.15, 0.2) is 11.8 Å². The molecule has 0 bridgehead atoms. The smallest absolute Gasteiger partial charge is 0.154 e. The third-order valence-corrected chi connectivity index (χ3v) is 12.7. The third kappa shape index (κ3) is 246. The molecule has 0 saturated heterocycles. The molecule has 0 rings (SSSR count). The summed E-state index contributed by atoms with van der Waals surface area (Å²) in [6, 6.07) is 0. The van der Waals surface area contributed by atoms with E-state index in [-0.39, 0.29) is 73.8 Å². The van der Waals surface area contributed by atoms with Crippen LogP contribution in [0.4, 0.5) is 0 Å². The molecule has 0 unspecified atom stereocenters. The molecule has 28 heavy (non-hydrogen) atoms. The van der Waals surface area contributed by atoms with Gasteiger partial charge in [-0.1, -0.05) is 0 Å². The summed E-state index contributed by atoms with van der Waals surface area (Å²) in [5.74, 6) is 3.13. The molecule has 0 aliphatic heterocycles. The first-order valence-electron chi connectivity index (χ1n) is 7.07. The Morgan fingerprint density at radius 3 is 0.643 bits per heavy atom. The van der Waals surface area contributed by atoms with E-state index in [1.54, 1.807) is 21.8 Å². The molecule has 0 aliphatic rings. The van der Waals surface area contributed by atoms with Crippen molar-refractivity contribution < 1.29 is 52.5 Å². The Morgan fingerprint density at radius 1 is 0.571 bits per heavy atom. The van der Waals surface area contributed by atoms with Crippen molar-refractivity contribution in [2.45, 2.75) is 0 Å². The molecular weight excluding hydrogens is 802 g/mol. The molecule has 0 saturated carbocycles. The van der Waals surface area contributed by atoms with E-state index in [9.17, 15) is 0 Å². The van der Waals surface area contributed by atoms with Gasteiger partial charge in [0, 0.05) is 127 Å². The van der Waals surface area contributed by atoms with Crippen molar-refractivity contribution in [3.05, 3.63) is 56.7 Å². The van der Waals surface area contributed by atoms with Crippen molar-refractivity contribution in [3.63, 3.8) is 0 Å². The van der Waals surface area contributed by atoms with E-state index in [2.05, 4.69) is 53.3 Å². The molecule has 0 fully saturated rings. The van der Waals surface area contributed by atoms with Crippen LogP contribution in [0.15, 0.2) is 0 Å². The molecule has 172 valence electrons. The molecule has 8 nitrogen and oxygen atoms in total. The van der Waals surface area contributed by atoms with Crippen LogP contribution in [-0.4, -0.2) is 75.5 Å². The molecule has 0 aliphatic carbocycles. The van der Waals surface area contributed by atoms with E-state index < -0.39 is 0 Å². The van der Waals surface area contributed by atoms with Crippen LogP contribution in [0.1, 0.15) is 0 Å². The minimum absolute atomic E-state index is 0. The van der Waals surface area contributed by atoms with Crippen LogP contribution in [0, 0.1) is 36.7 Å². The Hall–Kier alpha value is 0.257. The first-order chi connectivity index (χ1) is 11.9. The average Bonchev–Trinajstić information content (AvgIpc) is 2.39. The van der Waals surface area contributed by atoms with Crippen LogP contribution in [0.5, 0.6) is 0 Å². The fourth-order valence-corrected chi connectivity index (χ4v) is 12.7. The van der Waals surface area contributed by atoms with Crippen molar-refractivity contribution >= 4 is 31.7 Å². The van der Waals surface area contributed by atoms with Gasteiger partial charge in [-0.05, 0) is 10.0 Å². The van der Waals surface area contributed by atoms with Gasteiger partial charge in [-0.15, -0.1) is 0 Å². The zero-order chi connectivity index (χ0) is 22.6. The summed E-state index contributed by atoms with van der Waals surface area (Å²) in [7, 11) is 0.444. The summed E-state index contributed by atoms with van der Waals surface area (Å²) in [5, 5.41) is 36.7. The van der Waals surface area contributed by atoms with Crippen LogP contribution < -0.4 is 0 Å². The second-order valence-electron chi connectivity index (χ2n) is 5.56. The normalized spacial score (nSPS) is 6.57. The van der Waals surface area contributed by atoms with Gasteiger partial charge in [-0.2, -0.15) is 13.1 Å². The molecular formula is C14H34N4O4P4Pt2+2. The van der Waals surface area contributed by atoms with E-state index in [0.29, 0.717) is 0 Å². The Morgan fingerprint density at radius 2 is 0.643 bits per heavy atom. The van der Waals surface area contributed by atoms with Crippen molar-refractivity contribution in [1.29, 1.82) is 0 Å². The predicted octanol–water partition coefficient (Wildman–Crippen LogP) is 5.17. The zero-order valence-corrected chi connectivity index (χ0v) is 26.1. The van der Waals surface area contributed by atoms with Crippen LogP contribution in [0.2, 0.25) is 0 Å². The minimum atomic E-state index is 0. The minimum Gasteiger partial charge on any atom is -0.539 e. The molecule has 0 aromatic rings. The summed E-state index contributed by atoms with van der Waals surface area (Å²) in [6.45, 7) is 40.5. The van der Waals surface area contributed by atoms with Crippen molar-refractivity contribution in [1.82, 2.24) is 0 Å². The van der Waals surface area contributed by atoms with Gasteiger partial charge in [-0.3, -0.25) is 10.0 Å². The van der Waals surface area contributed by atoms with Crippen LogP contribution in [0.3, 0.4) is 0 Å². The van der Waals surface area contributed by atoms with Gasteiger partial charge in [-0.25, -0.2) is 23.6 Å². The van der Waals surface area contributed by atoms with Gasteiger partial charge in [0.1, 0.15) is 0 Å². The van der Waals surface area contributed by atoms with Crippen molar-refractivity contribution in [3.8, 4) is 0 Å². The summed E-state index contributed by atoms with van der Waals surface area (Å²) in [5.41, 5.74) is 0. The van der Waals surface area contributed by atoms with E-state index in [0.717, 1.165) is 0 Å². The van der Waals surface area contributed by atoms with Crippen LogP contribution in [0.25, 0.3) is 20.0 Å². The first-order valence-corrected chi connectivity index (χ1v) is 17.9. The maximum Gasteiger partial charge on any atom is 0.154 e. The van der Waals surface area contributed by atoms with Crippen LogP contribution >= 0.6 is 31.7 Å².